The number of nitrogens with one attached hydrogen (secondary N) is 2. The number of thioether (sulfide) groups is 1. The van der Waals surface area contributed by atoms with Crippen LogP contribution in [-0.4, -0.2) is 35.0 Å². The molecule has 0 aliphatic carbocycles. The molecule has 3 aromatic rings. The molecule has 4 N–H and O–H groups in total. The second kappa shape index (κ2) is 10.1. The van der Waals surface area contributed by atoms with Crippen molar-refractivity contribution in [3.63, 3.8) is 0 Å². The van der Waals surface area contributed by atoms with E-state index in [2.05, 4.69) is 20.6 Å². The third kappa shape index (κ3) is 6.57. The first-order valence-corrected chi connectivity index (χ1v) is 12.0. The van der Waals surface area contributed by atoms with Gasteiger partial charge in [-0.25, -0.2) is 22.9 Å². The van der Waals surface area contributed by atoms with Gasteiger partial charge in [-0.2, -0.15) is 4.98 Å². The fraction of sp³-hybridized carbons (Fsp3) is 0.143. The Morgan fingerprint density at radius 1 is 1.09 bits per heavy atom. The molecule has 12 heteroatoms. The van der Waals surface area contributed by atoms with Gasteiger partial charge in [0.2, 0.25) is 16.0 Å². The van der Waals surface area contributed by atoms with Crippen LogP contribution < -0.4 is 15.8 Å². The average molecular weight is 490 g/mol. The third-order valence-electron chi connectivity index (χ3n) is 4.37. The van der Waals surface area contributed by atoms with Gasteiger partial charge in [0.1, 0.15) is 0 Å². The Labute approximate surface area is 194 Å². The van der Waals surface area contributed by atoms with Gasteiger partial charge in [-0.15, -0.1) is 0 Å². The molecule has 0 bridgehead atoms. The number of nitrogens with zero attached hydrogens (tertiary/aromatic N) is 2. The predicted molar refractivity (Wildman–Crippen MR) is 125 cm³/mol. The number of ketones is 1. The molecule has 0 saturated carbocycles. The van der Waals surface area contributed by atoms with Crippen LogP contribution in [0.15, 0.2) is 53.6 Å². The van der Waals surface area contributed by atoms with Crippen molar-refractivity contribution in [2.75, 3.05) is 16.4 Å². The maximum absolute atomic E-state index is 14.3. The first kappa shape index (κ1) is 24.3. The normalized spacial score (nSPS) is 11.2. The lowest BCUT2D eigenvalue weighted by atomic mass is 10.1. The Balaban J connectivity index is 1.76. The monoisotopic (exact) mass is 489 g/mol. The molecule has 0 saturated heterocycles. The molecular weight excluding hydrogens is 469 g/mol. The summed E-state index contributed by atoms with van der Waals surface area (Å²) in [5, 5.41) is 10.7. The van der Waals surface area contributed by atoms with Crippen LogP contribution >= 0.6 is 11.8 Å². The van der Waals surface area contributed by atoms with E-state index in [-0.39, 0.29) is 33.3 Å². The number of halogens is 1. The van der Waals surface area contributed by atoms with Crippen molar-refractivity contribution in [1.29, 1.82) is 0 Å². The zero-order valence-electron chi connectivity index (χ0n) is 17.6. The summed E-state index contributed by atoms with van der Waals surface area (Å²) in [5.74, 6) is -0.969. The maximum atomic E-state index is 14.3. The van der Waals surface area contributed by atoms with Crippen LogP contribution in [0, 0.1) is 12.7 Å². The number of anilines is 4. The molecule has 1 aromatic heterocycles. The topological polar surface area (TPSA) is 144 Å². The molecule has 0 aliphatic heterocycles. The van der Waals surface area contributed by atoms with Gasteiger partial charge in [0.25, 0.3) is 0 Å². The van der Waals surface area contributed by atoms with Crippen LogP contribution in [0.25, 0.3) is 0 Å². The van der Waals surface area contributed by atoms with E-state index in [0.29, 0.717) is 22.5 Å². The number of hydrogen-bond donors (Lipinski definition) is 3. The van der Waals surface area contributed by atoms with Gasteiger partial charge in [0, 0.05) is 23.9 Å². The minimum atomic E-state index is -3.92. The second-order valence-corrected chi connectivity index (χ2v) is 9.63. The van der Waals surface area contributed by atoms with Gasteiger partial charge in [-0.1, -0.05) is 17.8 Å². The molecule has 0 fully saturated rings. The minimum Gasteiger partial charge on any atom is -0.338 e. The summed E-state index contributed by atoms with van der Waals surface area (Å²) in [6, 6.07) is 10.8. The van der Waals surface area contributed by atoms with Crippen LogP contribution in [0.2, 0.25) is 0 Å². The number of Topliss-reactive ketones (excluding diaryl/α,β-unsaturated/α-hetero) is 1. The Hall–Kier alpha value is -3.35. The van der Waals surface area contributed by atoms with E-state index in [9.17, 15) is 22.4 Å². The first-order valence-electron chi connectivity index (χ1n) is 9.49. The van der Waals surface area contributed by atoms with Gasteiger partial charge in [-0.05, 0) is 48.9 Å². The first-order chi connectivity index (χ1) is 15.5. The van der Waals surface area contributed by atoms with Crippen molar-refractivity contribution < 1.29 is 22.4 Å². The number of aromatic nitrogens is 2. The summed E-state index contributed by atoms with van der Waals surface area (Å²) < 4.78 is 37.7. The van der Waals surface area contributed by atoms with E-state index >= 15 is 0 Å². The standard InChI is InChI=1S/C21H20FN5O4S2/c1-12-3-6-16(9-19(12)33(23,30)31)26-21-24-10-17(22)20(27-21)25-15-7-4-14(5-8-15)18(29)11-32-13(2)28/h3-10H,11H2,1-2H3,(H2,23,30,31)(H2,24,25,26,27). The Kier molecular flexibility index (Phi) is 7.41. The Bertz CT molecular complexity index is 1310. The number of sulfonamides is 1. The van der Waals surface area contributed by atoms with Crippen molar-refractivity contribution in [3.8, 4) is 0 Å². The number of hydrogen-bond acceptors (Lipinski definition) is 9. The van der Waals surface area contributed by atoms with Gasteiger partial charge >= 0.3 is 0 Å². The molecule has 9 nitrogen and oxygen atoms in total. The molecule has 33 heavy (non-hydrogen) atoms. The van der Waals surface area contributed by atoms with Gasteiger partial charge in [-0.3, -0.25) is 9.59 Å². The molecule has 0 amide bonds. The highest BCUT2D eigenvalue weighted by atomic mass is 32.2. The number of carbonyl (C=O) groups is 2. The molecule has 172 valence electrons. The highest BCUT2D eigenvalue weighted by Crippen LogP contribution is 2.24. The van der Waals surface area contributed by atoms with Crippen molar-refractivity contribution >= 4 is 55.8 Å². The van der Waals surface area contributed by atoms with Crippen LogP contribution in [0.4, 0.5) is 27.5 Å². The molecule has 3 rings (SSSR count). The molecule has 1 heterocycles. The van der Waals surface area contributed by atoms with Crippen molar-refractivity contribution in [2.45, 2.75) is 18.7 Å². The van der Waals surface area contributed by atoms with Crippen molar-refractivity contribution in [1.82, 2.24) is 9.97 Å². The lowest BCUT2D eigenvalue weighted by molar-refractivity contribution is -0.109. The molecule has 0 atom stereocenters. The molecule has 0 unspecified atom stereocenters. The van der Waals surface area contributed by atoms with E-state index in [1.807, 2.05) is 0 Å². The third-order valence-corrected chi connectivity index (χ3v) is 6.24. The SMILES string of the molecule is CC(=O)SCC(=O)c1ccc(Nc2nc(Nc3ccc(C)c(S(N)(=O)=O)c3)ncc2F)cc1. The fourth-order valence-electron chi connectivity index (χ4n) is 2.76. The quantitative estimate of drug-likeness (QED) is 0.405. The molecular formula is C21H20FN5O4S2. The summed E-state index contributed by atoms with van der Waals surface area (Å²) in [6.45, 7) is 3.00. The van der Waals surface area contributed by atoms with Crippen molar-refractivity contribution in [2.24, 2.45) is 5.14 Å². The number of aryl methyl sites for hydroxylation is 1. The van der Waals surface area contributed by atoms with E-state index in [1.54, 1.807) is 43.3 Å². The zero-order chi connectivity index (χ0) is 24.2. The molecule has 2 aromatic carbocycles. The molecule has 0 spiro atoms. The van der Waals surface area contributed by atoms with E-state index in [4.69, 9.17) is 5.14 Å². The van der Waals surface area contributed by atoms with Gasteiger partial charge < -0.3 is 10.6 Å². The summed E-state index contributed by atoms with van der Waals surface area (Å²) >= 11 is 0.930. The van der Waals surface area contributed by atoms with E-state index in [1.165, 1.54) is 13.0 Å². The van der Waals surface area contributed by atoms with Crippen LogP contribution in [0.5, 0.6) is 0 Å². The highest BCUT2D eigenvalue weighted by molar-refractivity contribution is 8.14. The maximum Gasteiger partial charge on any atom is 0.238 e. The number of primary sulfonamides is 1. The van der Waals surface area contributed by atoms with Crippen LogP contribution in [0.1, 0.15) is 22.8 Å². The largest absolute Gasteiger partial charge is 0.338 e. The number of benzene rings is 2. The molecule has 0 aliphatic rings. The van der Waals surface area contributed by atoms with Crippen LogP contribution in [0.3, 0.4) is 0 Å². The Morgan fingerprint density at radius 2 is 1.76 bits per heavy atom. The average Bonchev–Trinajstić information content (AvgIpc) is 2.75. The fourth-order valence-corrected chi connectivity index (χ4v) is 4.06. The Morgan fingerprint density at radius 3 is 2.39 bits per heavy atom. The highest BCUT2D eigenvalue weighted by Gasteiger charge is 2.14. The van der Waals surface area contributed by atoms with Gasteiger partial charge in [0.05, 0.1) is 16.8 Å². The molecule has 0 radical (unpaired) electrons. The lowest BCUT2D eigenvalue weighted by Crippen LogP contribution is -2.14. The number of nitrogens with two attached hydrogens (primary N) is 1. The summed E-state index contributed by atoms with van der Waals surface area (Å²) in [4.78, 5) is 31.0. The van der Waals surface area contributed by atoms with Crippen molar-refractivity contribution in [3.05, 3.63) is 65.6 Å². The smallest absolute Gasteiger partial charge is 0.238 e. The minimum absolute atomic E-state index is 0.0242. The van der Waals surface area contributed by atoms with Gasteiger partial charge in [0.15, 0.2) is 22.5 Å². The number of carbonyl (C=O) groups excluding carboxylic acids is 2. The van der Waals surface area contributed by atoms with E-state index in [0.717, 1.165) is 18.0 Å². The lowest BCUT2D eigenvalue weighted by Gasteiger charge is -2.11. The second-order valence-electron chi connectivity index (χ2n) is 6.95. The predicted octanol–water partition coefficient (Wildman–Crippen LogP) is 3.52. The number of rotatable bonds is 8. The van der Waals surface area contributed by atoms with E-state index < -0.39 is 15.8 Å². The zero-order valence-corrected chi connectivity index (χ0v) is 19.3. The summed E-state index contributed by atoms with van der Waals surface area (Å²) in [5.41, 5.74) is 1.73. The van der Waals surface area contributed by atoms with Crippen LogP contribution in [-0.2, 0) is 14.8 Å². The summed E-state index contributed by atoms with van der Waals surface area (Å²) in [7, 11) is -3.92. The summed E-state index contributed by atoms with van der Waals surface area (Å²) in [6.07, 6.45) is 0.962.